The third-order valence-corrected chi connectivity index (χ3v) is 4.97. The highest BCUT2D eigenvalue weighted by Crippen LogP contribution is 2.07. The fourth-order valence-corrected chi connectivity index (χ4v) is 3.20. The monoisotopic (exact) mass is 430 g/mol. The number of amides is 2. The Labute approximate surface area is 180 Å². The predicted molar refractivity (Wildman–Crippen MR) is 116 cm³/mol. The average molecular weight is 431 g/mol. The van der Waals surface area contributed by atoms with Crippen molar-refractivity contribution in [3.8, 4) is 0 Å². The molecule has 2 aromatic rings. The number of hydrogen-bond acceptors (Lipinski definition) is 5. The number of aliphatic carboxylic acids is 1. The Balaban J connectivity index is 2.04. The van der Waals surface area contributed by atoms with E-state index in [1.54, 1.807) is 0 Å². The summed E-state index contributed by atoms with van der Waals surface area (Å²) in [6.07, 6.45) is 1.62. The van der Waals surface area contributed by atoms with Gasteiger partial charge in [0.1, 0.15) is 18.7 Å². The van der Waals surface area contributed by atoms with E-state index in [-0.39, 0.29) is 13.0 Å². The molecule has 0 spiro atoms. The Morgan fingerprint density at radius 2 is 1.53 bits per heavy atom. The fourth-order valence-electron chi connectivity index (χ4n) is 2.73. The van der Waals surface area contributed by atoms with Crippen LogP contribution in [0.2, 0.25) is 0 Å². The third kappa shape index (κ3) is 8.16. The number of hydrogen-bond donors (Lipinski definition) is 3. The lowest BCUT2D eigenvalue weighted by Crippen LogP contribution is -2.52. The zero-order valence-electron chi connectivity index (χ0n) is 16.7. The molecule has 3 N–H and O–H groups in total. The molecule has 7 nitrogen and oxygen atoms in total. The second-order valence-corrected chi connectivity index (χ2v) is 7.61. The highest BCUT2D eigenvalue weighted by Gasteiger charge is 2.27. The SMILES string of the molecule is CSCC[C@@H](NC(=O)[C@H](Cc1ccccc1)NC(=O)OCc1ccccc1)C(=O)O. The molecule has 0 heterocycles. The minimum absolute atomic E-state index is 0.0673. The van der Waals surface area contributed by atoms with Crippen LogP contribution in [-0.4, -0.2) is 47.2 Å². The number of carbonyl (C=O) groups is 3. The van der Waals surface area contributed by atoms with E-state index in [9.17, 15) is 19.5 Å². The van der Waals surface area contributed by atoms with Crippen LogP contribution in [0.4, 0.5) is 4.79 Å². The molecule has 160 valence electrons. The maximum atomic E-state index is 12.8. The number of carboxylic acid groups (broad SMARTS) is 1. The molecule has 2 amide bonds. The molecule has 0 radical (unpaired) electrons. The highest BCUT2D eigenvalue weighted by molar-refractivity contribution is 7.98. The van der Waals surface area contributed by atoms with Gasteiger partial charge in [-0.25, -0.2) is 9.59 Å². The van der Waals surface area contributed by atoms with E-state index in [0.717, 1.165) is 11.1 Å². The first-order chi connectivity index (χ1) is 14.5. The van der Waals surface area contributed by atoms with Crippen LogP contribution in [0.15, 0.2) is 60.7 Å². The fraction of sp³-hybridized carbons (Fsp3) is 0.318. The average Bonchev–Trinajstić information content (AvgIpc) is 2.76. The number of nitrogens with one attached hydrogen (secondary N) is 2. The van der Waals surface area contributed by atoms with Gasteiger partial charge >= 0.3 is 12.1 Å². The van der Waals surface area contributed by atoms with Gasteiger partial charge in [-0.1, -0.05) is 60.7 Å². The Bertz CT molecular complexity index is 817. The largest absolute Gasteiger partial charge is 0.480 e. The van der Waals surface area contributed by atoms with Gasteiger partial charge < -0.3 is 20.5 Å². The van der Waals surface area contributed by atoms with Crippen LogP contribution in [0.1, 0.15) is 17.5 Å². The number of alkyl carbamates (subject to hydrolysis) is 1. The Hall–Kier alpha value is -3.00. The van der Waals surface area contributed by atoms with E-state index in [1.807, 2.05) is 66.9 Å². The van der Waals surface area contributed by atoms with E-state index in [2.05, 4.69) is 10.6 Å². The normalized spacial score (nSPS) is 12.4. The van der Waals surface area contributed by atoms with Crippen molar-refractivity contribution in [1.29, 1.82) is 0 Å². The van der Waals surface area contributed by atoms with Gasteiger partial charge in [-0.15, -0.1) is 0 Å². The summed E-state index contributed by atoms with van der Waals surface area (Å²) in [5, 5.41) is 14.5. The summed E-state index contributed by atoms with van der Waals surface area (Å²) in [7, 11) is 0. The van der Waals surface area contributed by atoms with Crippen LogP contribution in [0, 0.1) is 0 Å². The van der Waals surface area contributed by atoms with Crippen LogP contribution in [-0.2, 0) is 27.4 Å². The molecule has 0 unspecified atom stereocenters. The van der Waals surface area contributed by atoms with Crippen molar-refractivity contribution >= 4 is 29.7 Å². The molecular formula is C22H26N2O5S. The van der Waals surface area contributed by atoms with Gasteiger partial charge in [0.05, 0.1) is 0 Å². The maximum absolute atomic E-state index is 12.8. The first-order valence-corrected chi connectivity index (χ1v) is 10.9. The van der Waals surface area contributed by atoms with E-state index < -0.39 is 30.1 Å². The van der Waals surface area contributed by atoms with Crippen molar-refractivity contribution in [2.45, 2.75) is 31.5 Å². The molecule has 0 saturated heterocycles. The summed E-state index contributed by atoms with van der Waals surface area (Å²) in [4.78, 5) is 36.5. The number of rotatable bonds is 11. The molecule has 0 bridgehead atoms. The third-order valence-electron chi connectivity index (χ3n) is 4.33. The van der Waals surface area contributed by atoms with E-state index in [4.69, 9.17) is 4.74 Å². The molecule has 0 aliphatic rings. The Morgan fingerprint density at radius 3 is 2.10 bits per heavy atom. The van der Waals surface area contributed by atoms with Crippen molar-refractivity contribution in [3.63, 3.8) is 0 Å². The summed E-state index contributed by atoms with van der Waals surface area (Å²) in [5.41, 5.74) is 1.65. The van der Waals surface area contributed by atoms with Crippen molar-refractivity contribution in [2.75, 3.05) is 12.0 Å². The van der Waals surface area contributed by atoms with Crippen LogP contribution in [0.3, 0.4) is 0 Å². The molecule has 0 aliphatic heterocycles. The predicted octanol–water partition coefficient (Wildman–Crippen LogP) is 2.85. The zero-order chi connectivity index (χ0) is 21.8. The number of thioether (sulfide) groups is 1. The zero-order valence-corrected chi connectivity index (χ0v) is 17.6. The van der Waals surface area contributed by atoms with Crippen LogP contribution < -0.4 is 10.6 Å². The topological polar surface area (TPSA) is 105 Å². The van der Waals surface area contributed by atoms with Gasteiger partial charge in [0.15, 0.2) is 0 Å². The van der Waals surface area contributed by atoms with Crippen molar-refractivity contribution in [3.05, 3.63) is 71.8 Å². The molecule has 0 fully saturated rings. The number of ether oxygens (including phenoxy) is 1. The van der Waals surface area contributed by atoms with E-state index in [1.165, 1.54) is 11.8 Å². The smallest absolute Gasteiger partial charge is 0.408 e. The summed E-state index contributed by atoms with van der Waals surface area (Å²) in [6.45, 7) is 0.0673. The lowest BCUT2D eigenvalue weighted by molar-refractivity contribution is -0.142. The van der Waals surface area contributed by atoms with Crippen LogP contribution in [0.25, 0.3) is 0 Å². The van der Waals surface area contributed by atoms with E-state index in [0.29, 0.717) is 12.2 Å². The van der Waals surface area contributed by atoms with Crippen LogP contribution in [0.5, 0.6) is 0 Å². The molecule has 2 rings (SSSR count). The first-order valence-electron chi connectivity index (χ1n) is 9.53. The molecule has 0 aliphatic carbocycles. The summed E-state index contributed by atoms with van der Waals surface area (Å²) < 4.78 is 5.21. The first kappa shape index (κ1) is 23.3. The Kier molecular flexibility index (Phi) is 9.73. The minimum Gasteiger partial charge on any atom is -0.480 e. The van der Waals surface area contributed by atoms with E-state index >= 15 is 0 Å². The standard InChI is InChI=1S/C22H26N2O5S/c1-30-13-12-18(21(26)27)23-20(25)19(14-16-8-4-2-5-9-16)24-22(28)29-15-17-10-6-3-7-11-17/h2-11,18-19H,12-15H2,1H3,(H,23,25)(H,24,28)(H,26,27)/t18-,19+/m1/s1. The number of carbonyl (C=O) groups excluding carboxylic acids is 2. The summed E-state index contributed by atoms with van der Waals surface area (Å²) in [6, 6.07) is 16.4. The van der Waals surface area contributed by atoms with Crippen molar-refractivity contribution in [2.24, 2.45) is 0 Å². The van der Waals surface area contributed by atoms with Gasteiger partial charge in [0.2, 0.25) is 5.91 Å². The van der Waals surface area contributed by atoms with Crippen molar-refractivity contribution in [1.82, 2.24) is 10.6 Å². The van der Waals surface area contributed by atoms with Crippen molar-refractivity contribution < 1.29 is 24.2 Å². The molecule has 30 heavy (non-hydrogen) atoms. The molecule has 0 saturated carbocycles. The Morgan fingerprint density at radius 1 is 0.933 bits per heavy atom. The molecular weight excluding hydrogens is 404 g/mol. The minimum atomic E-state index is -1.11. The van der Waals surface area contributed by atoms with Crippen LogP contribution >= 0.6 is 11.8 Å². The summed E-state index contributed by atoms with van der Waals surface area (Å²) in [5.74, 6) is -1.08. The molecule has 8 heteroatoms. The molecule has 2 aromatic carbocycles. The second kappa shape index (κ2) is 12.5. The lowest BCUT2D eigenvalue weighted by Gasteiger charge is -2.21. The van der Waals surface area contributed by atoms with Gasteiger partial charge in [0, 0.05) is 6.42 Å². The second-order valence-electron chi connectivity index (χ2n) is 6.63. The molecule has 2 atom stereocenters. The van der Waals surface area contributed by atoms with Gasteiger partial charge in [-0.3, -0.25) is 4.79 Å². The maximum Gasteiger partial charge on any atom is 0.408 e. The van der Waals surface area contributed by atoms with Gasteiger partial charge in [-0.05, 0) is 29.6 Å². The molecule has 0 aromatic heterocycles. The lowest BCUT2D eigenvalue weighted by atomic mass is 10.0. The highest BCUT2D eigenvalue weighted by atomic mass is 32.2. The number of carboxylic acids is 1. The van der Waals surface area contributed by atoms with Gasteiger partial charge in [0.25, 0.3) is 0 Å². The quantitative estimate of drug-likeness (QED) is 0.506. The summed E-state index contributed by atoms with van der Waals surface area (Å²) >= 11 is 1.50. The number of benzene rings is 2. The van der Waals surface area contributed by atoms with Gasteiger partial charge in [-0.2, -0.15) is 11.8 Å².